The van der Waals surface area contributed by atoms with Crippen LogP contribution in [0, 0.1) is 5.92 Å². The van der Waals surface area contributed by atoms with Crippen LogP contribution in [0.15, 0.2) is 12.5 Å². The zero-order valence-corrected chi connectivity index (χ0v) is 9.56. The van der Waals surface area contributed by atoms with E-state index in [9.17, 15) is 0 Å². The van der Waals surface area contributed by atoms with Crippen molar-refractivity contribution < 1.29 is 4.74 Å². The Labute approximate surface area is 96.0 Å². The molecule has 3 rings (SSSR count). The molecule has 2 fully saturated rings. The van der Waals surface area contributed by atoms with E-state index in [0.29, 0.717) is 12.0 Å². The maximum absolute atomic E-state index is 5.42. The lowest BCUT2D eigenvalue weighted by Gasteiger charge is -2.16. The molecule has 1 unspecified atom stereocenters. The molecule has 2 atom stereocenters. The molecule has 1 aromatic heterocycles. The van der Waals surface area contributed by atoms with Gasteiger partial charge in [0, 0.05) is 31.3 Å². The number of hydrogen-bond acceptors (Lipinski definition) is 3. The van der Waals surface area contributed by atoms with Gasteiger partial charge in [-0.2, -0.15) is 0 Å². The lowest BCUT2D eigenvalue weighted by Crippen LogP contribution is -2.19. The normalized spacial score (nSPS) is 30.0. The fourth-order valence-electron chi connectivity index (χ4n) is 2.72. The number of nitrogens with zero attached hydrogens (tertiary/aromatic N) is 2. The van der Waals surface area contributed by atoms with Crippen molar-refractivity contribution in [2.24, 2.45) is 5.92 Å². The highest BCUT2D eigenvalue weighted by molar-refractivity contribution is 5.07. The summed E-state index contributed by atoms with van der Waals surface area (Å²) in [6, 6.07) is 0.518. The predicted octanol–water partition coefficient (Wildman–Crippen LogP) is 1.34. The van der Waals surface area contributed by atoms with Gasteiger partial charge in [-0.05, 0) is 25.8 Å². The Morgan fingerprint density at radius 2 is 2.50 bits per heavy atom. The van der Waals surface area contributed by atoms with Crippen LogP contribution in [0.5, 0.6) is 0 Å². The summed E-state index contributed by atoms with van der Waals surface area (Å²) in [7, 11) is 0. The van der Waals surface area contributed by atoms with Gasteiger partial charge >= 0.3 is 0 Å². The minimum atomic E-state index is 0.518. The molecule has 4 nitrogen and oxygen atoms in total. The van der Waals surface area contributed by atoms with Gasteiger partial charge in [-0.25, -0.2) is 4.98 Å². The first-order valence-electron chi connectivity index (χ1n) is 6.24. The fraction of sp³-hybridized carbons (Fsp3) is 0.750. The summed E-state index contributed by atoms with van der Waals surface area (Å²) >= 11 is 0. The minimum absolute atomic E-state index is 0.518. The molecule has 0 amide bonds. The molecule has 16 heavy (non-hydrogen) atoms. The summed E-state index contributed by atoms with van der Waals surface area (Å²) in [5.41, 5.74) is 1.35. The van der Waals surface area contributed by atoms with Gasteiger partial charge in [-0.3, -0.25) is 0 Å². The molecular weight excluding hydrogens is 202 g/mol. The van der Waals surface area contributed by atoms with Crippen LogP contribution in [0.4, 0.5) is 0 Å². The molecular formula is C12H19N3O. The van der Waals surface area contributed by atoms with Crippen molar-refractivity contribution >= 4 is 0 Å². The number of imidazole rings is 1. The molecule has 88 valence electrons. The maximum atomic E-state index is 5.42. The van der Waals surface area contributed by atoms with Gasteiger partial charge in [0.2, 0.25) is 0 Å². The van der Waals surface area contributed by atoms with Crippen molar-refractivity contribution in [1.29, 1.82) is 0 Å². The Morgan fingerprint density at radius 3 is 3.25 bits per heavy atom. The van der Waals surface area contributed by atoms with Crippen LogP contribution in [0.2, 0.25) is 0 Å². The van der Waals surface area contributed by atoms with E-state index in [-0.39, 0.29) is 0 Å². The molecule has 4 heteroatoms. The number of aromatic nitrogens is 2. The van der Waals surface area contributed by atoms with Crippen LogP contribution < -0.4 is 5.32 Å². The number of nitrogens with one attached hydrogen (secondary N) is 1. The molecule has 0 bridgehead atoms. The van der Waals surface area contributed by atoms with E-state index in [2.05, 4.69) is 14.9 Å². The number of rotatable bonds is 3. The lowest BCUT2D eigenvalue weighted by atomic mass is 10.1. The highest BCUT2D eigenvalue weighted by Gasteiger charge is 2.22. The van der Waals surface area contributed by atoms with Crippen LogP contribution in [0.3, 0.4) is 0 Å². The molecule has 0 spiro atoms. The minimum Gasteiger partial charge on any atom is -0.381 e. The van der Waals surface area contributed by atoms with E-state index in [4.69, 9.17) is 4.74 Å². The Balaban J connectivity index is 1.71. The van der Waals surface area contributed by atoms with E-state index in [1.807, 2.05) is 12.5 Å². The largest absolute Gasteiger partial charge is 0.381 e. The zero-order chi connectivity index (χ0) is 10.8. The molecule has 0 saturated carbocycles. The molecule has 1 N–H and O–H groups in total. The monoisotopic (exact) mass is 221 g/mol. The van der Waals surface area contributed by atoms with Crippen molar-refractivity contribution in [3.63, 3.8) is 0 Å². The van der Waals surface area contributed by atoms with E-state index >= 15 is 0 Å². The number of hydrogen-bond donors (Lipinski definition) is 1. The molecule has 3 heterocycles. The maximum Gasteiger partial charge on any atom is 0.0948 e. The molecule has 1 aromatic rings. The summed E-state index contributed by atoms with van der Waals surface area (Å²) < 4.78 is 7.73. The predicted molar refractivity (Wildman–Crippen MR) is 61.1 cm³/mol. The Bertz CT molecular complexity index is 338. The highest BCUT2D eigenvalue weighted by atomic mass is 16.5. The summed E-state index contributed by atoms with van der Waals surface area (Å²) in [5, 5.41) is 3.53. The Morgan fingerprint density at radius 1 is 1.50 bits per heavy atom. The van der Waals surface area contributed by atoms with Crippen molar-refractivity contribution in [2.75, 3.05) is 19.8 Å². The second-order valence-electron chi connectivity index (χ2n) is 4.85. The Hall–Kier alpha value is -0.870. The third kappa shape index (κ3) is 1.99. The van der Waals surface area contributed by atoms with E-state index in [1.165, 1.54) is 25.0 Å². The second kappa shape index (κ2) is 4.55. The van der Waals surface area contributed by atoms with Crippen molar-refractivity contribution in [1.82, 2.24) is 14.9 Å². The van der Waals surface area contributed by atoms with Crippen LogP contribution in [0.1, 0.15) is 31.0 Å². The molecule has 2 saturated heterocycles. The average molecular weight is 221 g/mol. The van der Waals surface area contributed by atoms with Gasteiger partial charge in [-0.15, -0.1) is 0 Å². The van der Waals surface area contributed by atoms with Gasteiger partial charge in [-0.1, -0.05) is 0 Å². The van der Waals surface area contributed by atoms with Crippen molar-refractivity contribution in [3.05, 3.63) is 18.2 Å². The first-order chi connectivity index (χ1) is 7.93. The molecule has 0 aromatic carbocycles. The average Bonchev–Trinajstić information content (AvgIpc) is 2.98. The fourth-order valence-corrected chi connectivity index (χ4v) is 2.72. The van der Waals surface area contributed by atoms with Crippen LogP contribution in [-0.2, 0) is 11.3 Å². The molecule has 2 aliphatic rings. The summed E-state index contributed by atoms with van der Waals surface area (Å²) in [5.74, 6) is 0.675. The quantitative estimate of drug-likeness (QED) is 0.837. The van der Waals surface area contributed by atoms with E-state index in [0.717, 1.165) is 26.3 Å². The van der Waals surface area contributed by atoms with Gasteiger partial charge in [0.05, 0.1) is 18.6 Å². The lowest BCUT2D eigenvalue weighted by molar-refractivity contribution is 0.182. The summed E-state index contributed by atoms with van der Waals surface area (Å²) in [6.07, 6.45) is 7.69. The SMILES string of the molecule is c1ncn(CC2CCOC2)c1[C@@H]1CCCN1. The summed E-state index contributed by atoms with van der Waals surface area (Å²) in [6.45, 7) is 4.04. The zero-order valence-electron chi connectivity index (χ0n) is 9.56. The summed E-state index contributed by atoms with van der Waals surface area (Å²) in [4.78, 5) is 4.29. The molecule has 0 aliphatic carbocycles. The van der Waals surface area contributed by atoms with Gasteiger partial charge in [0.25, 0.3) is 0 Å². The van der Waals surface area contributed by atoms with Crippen LogP contribution in [-0.4, -0.2) is 29.3 Å². The van der Waals surface area contributed by atoms with Gasteiger partial charge < -0.3 is 14.6 Å². The van der Waals surface area contributed by atoms with Gasteiger partial charge in [0.1, 0.15) is 0 Å². The first-order valence-corrected chi connectivity index (χ1v) is 6.24. The third-order valence-corrected chi connectivity index (χ3v) is 3.64. The standard InChI is InChI=1S/C12H19N3O/c1-2-11(14-4-1)12-6-13-9-15(12)7-10-3-5-16-8-10/h6,9-11,14H,1-5,7-8H2/t10?,11-/m0/s1. The number of ether oxygens (including phenoxy) is 1. The first kappa shape index (κ1) is 10.3. The van der Waals surface area contributed by atoms with Crippen LogP contribution >= 0.6 is 0 Å². The smallest absolute Gasteiger partial charge is 0.0948 e. The van der Waals surface area contributed by atoms with E-state index < -0.39 is 0 Å². The third-order valence-electron chi connectivity index (χ3n) is 3.64. The van der Waals surface area contributed by atoms with E-state index in [1.54, 1.807) is 0 Å². The molecule has 0 radical (unpaired) electrons. The topological polar surface area (TPSA) is 39.1 Å². The highest BCUT2D eigenvalue weighted by Crippen LogP contribution is 2.24. The Kier molecular flexibility index (Phi) is 2.93. The van der Waals surface area contributed by atoms with Crippen molar-refractivity contribution in [2.45, 2.75) is 31.8 Å². The van der Waals surface area contributed by atoms with Crippen LogP contribution in [0.25, 0.3) is 0 Å². The second-order valence-corrected chi connectivity index (χ2v) is 4.85. The van der Waals surface area contributed by atoms with Gasteiger partial charge in [0.15, 0.2) is 0 Å². The molecule has 2 aliphatic heterocycles. The van der Waals surface area contributed by atoms with Crippen molar-refractivity contribution in [3.8, 4) is 0 Å².